The standard InChI is InChI=1S/C39H28N2/c1-2-8-32-31(7-1)30(29-21-24-41-25-29)17-18-37(32)39-35-11-5-3-9-33(35)38(34-10-4-6-12-36(34)39)28-15-13-26(14-16-28)27-19-22-40-23-20-27/h1-22,24-25,40-41H,23H2. The third-order valence-corrected chi connectivity index (χ3v) is 8.36. The van der Waals surface area contributed by atoms with E-state index in [0.29, 0.717) is 0 Å². The first-order valence-electron chi connectivity index (χ1n) is 14.2. The molecule has 0 spiro atoms. The number of hydrogen-bond donors (Lipinski definition) is 2. The van der Waals surface area contributed by atoms with E-state index in [4.69, 9.17) is 0 Å². The van der Waals surface area contributed by atoms with E-state index in [9.17, 15) is 0 Å². The van der Waals surface area contributed by atoms with E-state index in [1.165, 1.54) is 76.8 Å². The second kappa shape index (κ2) is 9.69. The fourth-order valence-electron chi connectivity index (χ4n) is 6.49. The molecule has 1 aromatic heterocycles. The molecule has 7 aromatic rings. The molecule has 8 rings (SSSR count). The van der Waals surface area contributed by atoms with E-state index in [2.05, 4.69) is 144 Å². The van der Waals surface area contributed by atoms with Crippen LogP contribution in [0, 0.1) is 0 Å². The Morgan fingerprint density at radius 3 is 1.61 bits per heavy atom. The SMILES string of the molecule is C1=CC(c2ccc(-c3c4ccccc4c(-c4ccc(-c5cc[nH]c5)c5ccccc45)c4ccccc34)cc2)=CCN1. The predicted octanol–water partition coefficient (Wildman–Crippen LogP) is 9.98. The number of nitrogens with one attached hydrogen (secondary N) is 2. The Bertz CT molecular complexity index is 2070. The maximum absolute atomic E-state index is 3.24. The number of hydrogen-bond acceptors (Lipinski definition) is 1. The van der Waals surface area contributed by atoms with Crippen LogP contribution in [0.25, 0.3) is 71.3 Å². The van der Waals surface area contributed by atoms with Crippen molar-refractivity contribution >= 4 is 37.9 Å². The second-order valence-corrected chi connectivity index (χ2v) is 10.6. The Morgan fingerprint density at radius 2 is 1.02 bits per heavy atom. The van der Waals surface area contributed by atoms with Gasteiger partial charge in [0.2, 0.25) is 0 Å². The zero-order valence-corrected chi connectivity index (χ0v) is 22.6. The van der Waals surface area contributed by atoms with Gasteiger partial charge in [0.1, 0.15) is 0 Å². The van der Waals surface area contributed by atoms with Crippen molar-refractivity contribution in [3.63, 3.8) is 0 Å². The molecular weight excluding hydrogens is 496 g/mol. The van der Waals surface area contributed by atoms with Gasteiger partial charge in [-0.2, -0.15) is 0 Å². The van der Waals surface area contributed by atoms with Crippen LogP contribution in [0.15, 0.2) is 146 Å². The Kier molecular flexibility index (Phi) is 5.56. The summed E-state index contributed by atoms with van der Waals surface area (Å²) in [5.74, 6) is 0. The quantitative estimate of drug-likeness (QED) is 0.220. The van der Waals surface area contributed by atoms with E-state index in [0.717, 1.165) is 6.54 Å². The average molecular weight is 525 g/mol. The van der Waals surface area contributed by atoms with Crippen molar-refractivity contribution in [1.29, 1.82) is 0 Å². The lowest BCUT2D eigenvalue weighted by atomic mass is 9.83. The molecule has 2 heterocycles. The van der Waals surface area contributed by atoms with Crippen molar-refractivity contribution < 1.29 is 0 Å². The predicted molar refractivity (Wildman–Crippen MR) is 175 cm³/mol. The summed E-state index contributed by atoms with van der Waals surface area (Å²) in [6, 6.07) is 42.4. The van der Waals surface area contributed by atoms with Crippen LogP contribution in [0.3, 0.4) is 0 Å². The highest BCUT2D eigenvalue weighted by Crippen LogP contribution is 2.46. The largest absolute Gasteiger partial charge is 0.387 e. The number of aromatic nitrogens is 1. The molecule has 0 atom stereocenters. The molecule has 2 nitrogen and oxygen atoms in total. The molecule has 0 radical (unpaired) electrons. The molecular formula is C39H28N2. The van der Waals surface area contributed by atoms with Crippen molar-refractivity contribution in [1.82, 2.24) is 10.3 Å². The van der Waals surface area contributed by atoms with Gasteiger partial charge in [-0.05, 0) is 95.2 Å². The first-order valence-corrected chi connectivity index (χ1v) is 14.2. The lowest BCUT2D eigenvalue weighted by molar-refractivity contribution is 0.976. The summed E-state index contributed by atoms with van der Waals surface area (Å²) in [5.41, 5.74) is 10.0. The highest BCUT2D eigenvalue weighted by molar-refractivity contribution is 6.24. The molecule has 1 aliphatic heterocycles. The highest BCUT2D eigenvalue weighted by Gasteiger charge is 2.19. The lowest BCUT2D eigenvalue weighted by Crippen LogP contribution is -2.08. The summed E-state index contributed by atoms with van der Waals surface area (Å²) >= 11 is 0. The minimum Gasteiger partial charge on any atom is -0.387 e. The van der Waals surface area contributed by atoms with E-state index < -0.39 is 0 Å². The summed E-state index contributed by atoms with van der Waals surface area (Å²) in [5, 5.41) is 10.9. The number of fused-ring (bicyclic) bond motifs is 3. The fraction of sp³-hybridized carbons (Fsp3) is 0.0256. The van der Waals surface area contributed by atoms with Crippen LogP contribution in [0.5, 0.6) is 0 Å². The number of H-pyrrole nitrogens is 1. The topological polar surface area (TPSA) is 27.8 Å². The van der Waals surface area contributed by atoms with Crippen molar-refractivity contribution in [3.05, 3.63) is 152 Å². The van der Waals surface area contributed by atoms with Crippen LogP contribution in [-0.2, 0) is 0 Å². The lowest BCUT2D eigenvalue weighted by Gasteiger charge is -2.19. The molecule has 0 saturated carbocycles. The molecule has 2 heteroatoms. The average Bonchev–Trinajstić information content (AvgIpc) is 3.59. The van der Waals surface area contributed by atoms with E-state index >= 15 is 0 Å². The van der Waals surface area contributed by atoms with Crippen LogP contribution < -0.4 is 5.32 Å². The van der Waals surface area contributed by atoms with Crippen LogP contribution in [-0.4, -0.2) is 11.5 Å². The molecule has 41 heavy (non-hydrogen) atoms. The highest BCUT2D eigenvalue weighted by atomic mass is 14.8. The van der Waals surface area contributed by atoms with Gasteiger partial charge in [-0.15, -0.1) is 0 Å². The summed E-state index contributed by atoms with van der Waals surface area (Å²) in [6.07, 6.45) is 10.5. The van der Waals surface area contributed by atoms with Crippen molar-refractivity contribution in [2.24, 2.45) is 0 Å². The third kappa shape index (κ3) is 3.88. The van der Waals surface area contributed by atoms with Gasteiger partial charge >= 0.3 is 0 Å². The molecule has 2 N–H and O–H groups in total. The zero-order valence-electron chi connectivity index (χ0n) is 22.6. The summed E-state index contributed by atoms with van der Waals surface area (Å²) in [7, 11) is 0. The molecule has 0 amide bonds. The van der Waals surface area contributed by atoms with Crippen LogP contribution in [0.1, 0.15) is 5.56 Å². The van der Waals surface area contributed by atoms with Gasteiger partial charge in [-0.1, -0.05) is 115 Å². The van der Waals surface area contributed by atoms with Gasteiger partial charge in [0.25, 0.3) is 0 Å². The summed E-state index contributed by atoms with van der Waals surface area (Å²) in [6.45, 7) is 0.866. The summed E-state index contributed by atoms with van der Waals surface area (Å²) in [4.78, 5) is 3.22. The molecule has 1 aliphatic rings. The van der Waals surface area contributed by atoms with Crippen LogP contribution >= 0.6 is 0 Å². The molecule has 0 saturated heterocycles. The molecule has 6 aromatic carbocycles. The monoisotopic (exact) mass is 524 g/mol. The van der Waals surface area contributed by atoms with E-state index in [1.54, 1.807) is 0 Å². The van der Waals surface area contributed by atoms with E-state index in [1.807, 2.05) is 12.4 Å². The first-order chi connectivity index (χ1) is 20.4. The maximum Gasteiger partial charge on any atom is 0.0334 e. The van der Waals surface area contributed by atoms with Gasteiger partial charge in [0.05, 0.1) is 0 Å². The molecule has 0 fully saturated rings. The van der Waals surface area contributed by atoms with Gasteiger partial charge < -0.3 is 10.3 Å². The van der Waals surface area contributed by atoms with Crippen LogP contribution in [0.2, 0.25) is 0 Å². The van der Waals surface area contributed by atoms with Gasteiger partial charge in [-0.25, -0.2) is 0 Å². The summed E-state index contributed by atoms with van der Waals surface area (Å²) < 4.78 is 0. The Balaban J connectivity index is 1.40. The zero-order chi connectivity index (χ0) is 27.2. The van der Waals surface area contributed by atoms with Crippen LogP contribution in [0.4, 0.5) is 0 Å². The molecule has 0 bridgehead atoms. The minimum absolute atomic E-state index is 0.866. The Hall–Kier alpha value is -5.34. The number of aromatic amines is 1. The molecule has 0 unspecified atom stereocenters. The maximum atomic E-state index is 3.24. The normalized spacial score (nSPS) is 13.0. The Labute approximate surface area is 239 Å². The van der Waals surface area contributed by atoms with Crippen molar-refractivity contribution in [2.75, 3.05) is 6.54 Å². The van der Waals surface area contributed by atoms with Gasteiger partial charge in [0, 0.05) is 18.9 Å². The number of dihydropyridines is 1. The smallest absolute Gasteiger partial charge is 0.0334 e. The van der Waals surface area contributed by atoms with Gasteiger partial charge in [-0.3, -0.25) is 0 Å². The van der Waals surface area contributed by atoms with Crippen molar-refractivity contribution in [2.45, 2.75) is 0 Å². The number of allylic oxidation sites excluding steroid dienone is 2. The van der Waals surface area contributed by atoms with E-state index in [-0.39, 0.29) is 0 Å². The number of rotatable bonds is 4. The molecule has 0 aliphatic carbocycles. The fourth-order valence-corrected chi connectivity index (χ4v) is 6.49. The minimum atomic E-state index is 0.866. The number of benzene rings is 6. The third-order valence-electron chi connectivity index (χ3n) is 8.36. The molecule has 194 valence electrons. The van der Waals surface area contributed by atoms with Gasteiger partial charge in [0.15, 0.2) is 0 Å². The Morgan fingerprint density at radius 1 is 0.463 bits per heavy atom. The first kappa shape index (κ1) is 23.5. The van der Waals surface area contributed by atoms with Crippen molar-refractivity contribution in [3.8, 4) is 33.4 Å². The second-order valence-electron chi connectivity index (χ2n) is 10.6.